The Morgan fingerprint density at radius 1 is 0.973 bits per heavy atom. The maximum absolute atomic E-state index is 13.4. The van der Waals surface area contributed by atoms with E-state index in [-0.39, 0.29) is 23.3 Å². The standard InChI is InChI=1S/C31H33NO5/c1-6-37-25-17-14-22(18-24(25)31(2,3)4)28(33)26-27(21-10-8-7-9-11-21)32(30(35)29(26)34)19-20-12-15-23(36-5)16-13-20/h7-18,27,33H,6,19H2,1-5H3/b28-26-. The van der Waals surface area contributed by atoms with Crippen molar-refractivity contribution in [2.75, 3.05) is 13.7 Å². The van der Waals surface area contributed by atoms with Crippen LogP contribution in [0, 0.1) is 0 Å². The SMILES string of the molecule is CCOc1ccc(/C(O)=C2/C(=O)C(=O)N(Cc3ccc(OC)cc3)C2c2ccccc2)cc1C(C)(C)C. The van der Waals surface area contributed by atoms with Crippen LogP contribution in [0.25, 0.3) is 5.76 Å². The van der Waals surface area contributed by atoms with Gasteiger partial charge in [0.15, 0.2) is 0 Å². The monoisotopic (exact) mass is 499 g/mol. The smallest absolute Gasteiger partial charge is 0.295 e. The number of carbonyl (C=O) groups excluding carboxylic acids is 2. The van der Waals surface area contributed by atoms with E-state index < -0.39 is 17.7 Å². The quantitative estimate of drug-likeness (QED) is 0.245. The Hall–Kier alpha value is -4.06. The van der Waals surface area contributed by atoms with Crippen LogP contribution in [-0.2, 0) is 21.5 Å². The van der Waals surface area contributed by atoms with E-state index in [2.05, 4.69) is 20.8 Å². The Kier molecular flexibility index (Phi) is 7.39. The van der Waals surface area contributed by atoms with E-state index in [1.54, 1.807) is 13.2 Å². The van der Waals surface area contributed by atoms with Gasteiger partial charge in [0.1, 0.15) is 17.3 Å². The molecule has 4 rings (SSSR count). The van der Waals surface area contributed by atoms with Crippen molar-refractivity contribution in [3.8, 4) is 11.5 Å². The Morgan fingerprint density at radius 3 is 2.24 bits per heavy atom. The number of benzene rings is 3. The van der Waals surface area contributed by atoms with Gasteiger partial charge in [0.25, 0.3) is 11.7 Å². The molecular weight excluding hydrogens is 466 g/mol. The minimum atomic E-state index is -0.729. The van der Waals surface area contributed by atoms with Gasteiger partial charge in [-0.3, -0.25) is 9.59 Å². The third-order valence-electron chi connectivity index (χ3n) is 6.53. The fraction of sp³-hybridized carbons (Fsp3) is 0.290. The van der Waals surface area contributed by atoms with Gasteiger partial charge < -0.3 is 19.5 Å². The van der Waals surface area contributed by atoms with Crippen molar-refractivity contribution < 1.29 is 24.2 Å². The second-order valence-electron chi connectivity index (χ2n) is 10.1. The predicted molar refractivity (Wildman–Crippen MR) is 144 cm³/mol. The van der Waals surface area contributed by atoms with Crippen LogP contribution in [0.1, 0.15) is 56.0 Å². The molecule has 192 valence electrons. The van der Waals surface area contributed by atoms with E-state index >= 15 is 0 Å². The molecule has 0 spiro atoms. The van der Waals surface area contributed by atoms with Gasteiger partial charge in [-0.15, -0.1) is 0 Å². The zero-order valence-corrected chi connectivity index (χ0v) is 21.9. The highest BCUT2D eigenvalue weighted by molar-refractivity contribution is 6.46. The number of ether oxygens (including phenoxy) is 2. The molecule has 6 heteroatoms. The zero-order chi connectivity index (χ0) is 26.7. The lowest BCUT2D eigenvalue weighted by Crippen LogP contribution is -2.29. The lowest BCUT2D eigenvalue weighted by molar-refractivity contribution is -0.140. The lowest BCUT2D eigenvalue weighted by atomic mass is 9.84. The van der Waals surface area contributed by atoms with E-state index in [0.29, 0.717) is 17.9 Å². The van der Waals surface area contributed by atoms with Crippen LogP contribution in [-0.4, -0.2) is 35.4 Å². The molecular formula is C31H33NO5. The molecule has 1 heterocycles. The Bertz CT molecular complexity index is 1320. The Morgan fingerprint density at radius 2 is 1.65 bits per heavy atom. The predicted octanol–water partition coefficient (Wildman–Crippen LogP) is 6.01. The first-order valence-corrected chi connectivity index (χ1v) is 12.4. The average Bonchev–Trinajstić information content (AvgIpc) is 3.14. The lowest BCUT2D eigenvalue weighted by Gasteiger charge is -2.26. The number of aliphatic hydroxyl groups is 1. The Balaban J connectivity index is 1.84. The van der Waals surface area contributed by atoms with Crippen LogP contribution in [0.4, 0.5) is 0 Å². The van der Waals surface area contributed by atoms with Gasteiger partial charge in [-0.25, -0.2) is 0 Å². The number of amides is 1. The number of carbonyl (C=O) groups is 2. The summed E-state index contributed by atoms with van der Waals surface area (Å²) in [6, 6.07) is 21.3. The maximum atomic E-state index is 13.4. The molecule has 3 aromatic rings. The topological polar surface area (TPSA) is 76.1 Å². The first kappa shape index (κ1) is 26.0. The molecule has 0 saturated carbocycles. The van der Waals surface area contributed by atoms with Gasteiger partial charge in [0.2, 0.25) is 0 Å². The highest BCUT2D eigenvalue weighted by Crippen LogP contribution is 2.41. The Labute approximate surface area is 218 Å². The molecule has 1 unspecified atom stereocenters. The van der Waals surface area contributed by atoms with Crippen molar-refractivity contribution >= 4 is 17.4 Å². The second-order valence-corrected chi connectivity index (χ2v) is 10.1. The van der Waals surface area contributed by atoms with Gasteiger partial charge >= 0.3 is 0 Å². The van der Waals surface area contributed by atoms with E-state index in [1.807, 2.05) is 73.7 Å². The molecule has 1 fully saturated rings. The second kappa shape index (κ2) is 10.5. The number of ketones is 1. The van der Waals surface area contributed by atoms with E-state index in [0.717, 1.165) is 22.4 Å². The first-order chi connectivity index (χ1) is 17.7. The minimum Gasteiger partial charge on any atom is -0.507 e. The number of Topliss-reactive ketones (excluding diaryl/α,β-unsaturated/α-hetero) is 1. The molecule has 0 aromatic heterocycles. The molecule has 1 atom stereocenters. The molecule has 3 aromatic carbocycles. The number of hydrogen-bond donors (Lipinski definition) is 1. The van der Waals surface area contributed by atoms with Gasteiger partial charge in [-0.1, -0.05) is 63.2 Å². The summed E-state index contributed by atoms with van der Waals surface area (Å²) in [5.74, 6) is -0.112. The van der Waals surface area contributed by atoms with E-state index in [1.165, 1.54) is 4.90 Å². The van der Waals surface area contributed by atoms with E-state index in [4.69, 9.17) is 9.47 Å². The van der Waals surface area contributed by atoms with Crippen LogP contribution < -0.4 is 9.47 Å². The van der Waals surface area contributed by atoms with Crippen molar-refractivity contribution in [2.45, 2.75) is 45.7 Å². The number of aliphatic hydroxyl groups excluding tert-OH is 1. The summed E-state index contributed by atoms with van der Waals surface area (Å²) < 4.78 is 11.1. The fourth-order valence-corrected chi connectivity index (χ4v) is 4.65. The third-order valence-corrected chi connectivity index (χ3v) is 6.53. The number of nitrogens with zero attached hydrogens (tertiary/aromatic N) is 1. The zero-order valence-electron chi connectivity index (χ0n) is 21.9. The number of methoxy groups -OCH3 is 1. The number of likely N-dealkylation sites (tertiary alicyclic amines) is 1. The summed E-state index contributed by atoms with van der Waals surface area (Å²) in [5.41, 5.74) is 2.78. The molecule has 1 aliphatic heterocycles. The van der Waals surface area contributed by atoms with Gasteiger partial charge in [0.05, 0.1) is 25.3 Å². The van der Waals surface area contributed by atoms with Gasteiger partial charge in [-0.2, -0.15) is 0 Å². The van der Waals surface area contributed by atoms with Crippen LogP contribution in [0.5, 0.6) is 11.5 Å². The summed E-state index contributed by atoms with van der Waals surface area (Å²) in [6.45, 7) is 8.83. The van der Waals surface area contributed by atoms with Crippen LogP contribution in [0.2, 0.25) is 0 Å². The normalized spacial score (nSPS) is 17.2. The van der Waals surface area contributed by atoms with Crippen LogP contribution in [0.15, 0.2) is 78.4 Å². The summed E-state index contributed by atoms with van der Waals surface area (Å²) in [4.78, 5) is 28.2. The van der Waals surface area contributed by atoms with Gasteiger partial charge in [0, 0.05) is 17.7 Å². The number of hydrogen-bond acceptors (Lipinski definition) is 5. The molecule has 1 saturated heterocycles. The summed E-state index contributed by atoms with van der Waals surface area (Å²) >= 11 is 0. The van der Waals surface area contributed by atoms with Crippen molar-refractivity contribution in [2.24, 2.45) is 0 Å². The van der Waals surface area contributed by atoms with Crippen molar-refractivity contribution in [1.29, 1.82) is 0 Å². The molecule has 0 bridgehead atoms. The highest BCUT2D eigenvalue weighted by Gasteiger charge is 2.46. The minimum absolute atomic E-state index is 0.0775. The van der Waals surface area contributed by atoms with Crippen molar-refractivity contribution in [3.63, 3.8) is 0 Å². The molecule has 6 nitrogen and oxygen atoms in total. The molecule has 1 aliphatic rings. The highest BCUT2D eigenvalue weighted by atomic mass is 16.5. The van der Waals surface area contributed by atoms with Crippen LogP contribution in [0.3, 0.4) is 0 Å². The van der Waals surface area contributed by atoms with Crippen molar-refractivity contribution in [1.82, 2.24) is 4.90 Å². The third kappa shape index (κ3) is 5.24. The summed E-state index contributed by atoms with van der Waals surface area (Å²) in [6.07, 6.45) is 0. The maximum Gasteiger partial charge on any atom is 0.295 e. The van der Waals surface area contributed by atoms with Gasteiger partial charge in [-0.05, 0) is 53.8 Å². The summed E-state index contributed by atoms with van der Waals surface area (Å²) in [5, 5.41) is 11.5. The fourth-order valence-electron chi connectivity index (χ4n) is 4.65. The molecule has 1 amide bonds. The van der Waals surface area contributed by atoms with E-state index in [9.17, 15) is 14.7 Å². The molecule has 0 aliphatic carbocycles. The molecule has 37 heavy (non-hydrogen) atoms. The largest absolute Gasteiger partial charge is 0.507 e. The van der Waals surface area contributed by atoms with Crippen molar-refractivity contribution in [3.05, 3.63) is 101 Å². The average molecular weight is 500 g/mol. The molecule has 1 N–H and O–H groups in total. The molecule has 0 radical (unpaired) electrons. The summed E-state index contributed by atoms with van der Waals surface area (Å²) in [7, 11) is 1.59. The number of rotatable bonds is 7. The first-order valence-electron chi connectivity index (χ1n) is 12.4. The van der Waals surface area contributed by atoms with Crippen LogP contribution >= 0.6 is 0 Å².